The Morgan fingerprint density at radius 1 is 1.04 bits per heavy atom. The third-order valence-electron chi connectivity index (χ3n) is 3.48. The number of methoxy groups -OCH3 is 1. The van der Waals surface area contributed by atoms with Gasteiger partial charge in [-0.2, -0.15) is 0 Å². The Kier molecular flexibility index (Phi) is 6.18. The van der Waals surface area contributed by atoms with Crippen molar-refractivity contribution in [1.82, 2.24) is 5.32 Å². The minimum Gasteiger partial charge on any atom is -0.496 e. The molecule has 2 aromatic rings. The van der Waals surface area contributed by atoms with E-state index in [2.05, 4.69) is 5.32 Å². The fourth-order valence-corrected chi connectivity index (χ4v) is 2.23. The molecule has 2 aromatic carbocycles. The minimum atomic E-state index is -0.151. The Bertz CT molecular complexity index is 653. The highest BCUT2D eigenvalue weighted by Crippen LogP contribution is 2.17. The molecule has 0 atom stereocenters. The normalized spacial score (nSPS) is 10.6. The van der Waals surface area contributed by atoms with Crippen LogP contribution in [0, 0.1) is 0 Å². The second-order valence-corrected chi connectivity index (χ2v) is 5.51. The lowest BCUT2D eigenvalue weighted by Crippen LogP contribution is -2.24. The van der Waals surface area contributed by atoms with Crippen molar-refractivity contribution in [3.63, 3.8) is 0 Å². The first-order valence-corrected chi connectivity index (χ1v) is 7.71. The molecule has 1 amide bonds. The van der Waals surface area contributed by atoms with Crippen LogP contribution in [0.15, 0.2) is 48.5 Å². The number of ether oxygens (including phenoxy) is 2. The number of amides is 1. The molecule has 0 aromatic heterocycles. The van der Waals surface area contributed by atoms with Gasteiger partial charge in [-0.1, -0.05) is 36.4 Å². The average Bonchev–Trinajstić information content (AvgIpc) is 2.58. The van der Waals surface area contributed by atoms with E-state index >= 15 is 0 Å². The fourth-order valence-electron chi connectivity index (χ4n) is 2.23. The summed E-state index contributed by atoms with van der Waals surface area (Å²) in [4.78, 5) is 12.4. The standard InChI is InChI=1S/C19H23NO3/c1-14(2)23-13-16-9-5-4-8-15(16)12-20-19(21)17-10-6-7-11-18(17)22-3/h4-11,14H,12-13H2,1-3H3,(H,20,21). The molecule has 0 heterocycles. The number of rotatable bonds is 7. The molecular formula is C19H23NO3. The summed E-state index contributed by atoms with van der Waals surface area (Å²) < 4.78 is 10.9. The van der Waals surface area contributed by atoms with Gasteiger partial charge in [0.2, 0.25) is 0 Å². The molecule has 4 nitrogen and oxygen atoms in total. The van der Waals surface area contributed by atoms with Crippen LogP contribution in [0.3, 0.4) is 0 Å². The first-order valence-electron chi connectivity index (χ1n) is 7.71. The number of hydrogen-bond acceptors (Lipinski definition) is 3. The summed E-state index contributed by atoms with van der Waals surface area (Å²) in [6, 6.07) is 15.2. The zero-order valence-corrected chi connectivity index (χ0v) is 13.8. The third kappa shape index (κ3) is 4.83. The van der Waals surface area contributed by atoms with Gasteiger partial charge in [0.15, 0.2) is 0 Å². The third-order valence-corrected chi connectivity index (χ3v) is 3.48. The Morgan fingerprint density at radius 2 is 1.70 bits per heavy atom. The summed E-state index contributed by atoms with van der Waals surface area (Å²) in [5.41, 5.74) is 2.67. The van der Waals surface area contributed by atoms with Crippen molar-refractivity contribution in [3.05, 3.63) is 65.2 Å². The molecule has 122 valence electrons. The van der Waals surface area contributed by atoms with E-state index in [9.17, 15) is 4.79 Å². The highest BCUT2D eigenvalue weighted by Gasteiger charge is 2.12. The molecule has 23 heavy (non-hydrogen) atoms. The number of carbonyl (C=O) groups is 1. The maximum atomic E-state index is 12.4. The van der Waals surface area contributed by atoms with Crippen molar-refractivity contribution in [1.29, 1.82) is 0 Å². The van der Waals surface area contributed by atoms with Crippen molar-refractivity contribution < 1.29 is 14.3 Å². The minimum absolute atomic E-state index is 0.151. The van der Waals surface area contributed by atoms with Crippen LogP contribution in [0.4, 0.5) is 0 Å². The maximum absolute atomic E-state index is 12.4. The zero-order chi connectivity index (χ0) is 16.7. The predicted octanol–water partition coefficient (Wildman–Crippen LogP) is 3.55. The lowest BCUT2D eigenvalue weighted by Gasteiger charge is -2.13. The van der Waals surface area contributed by atoms with E-state index in [1.54, 1.807) is 19.2 Å². The smallest absolute Gasteiger partial charge is 0.255 e. The van der Waals surface area contributed by atoms with E-state index in [4.69, 9.17) is 9.47 Å². The molecule has 0 fully saturated rings. The van der Waals surface area contributed by atoms with E-state index in [0.717, 1.165) is 11.1 Å². The van der Waals surface area contributed by atoms with E-state index in [-0.39, 0.29) is 12.0 Å². The van der Waals surface area contributed by atoms with Gasteiger partial charge in [-0.25, -0.2) is 0 Å². The van der Waals surface area contributed by atoms with Crippen LogP contribution < -0.4 is 10.1 Å². The van der Waals surface area contributed by atoms with Gasteiger partial charge in [-0.05, 0) is 37.1 Å². The summed E-state index contributed by atoms with van der Waals surface area (Å²) >= 11 is 0. The molecule has 2 rings (SSSR count). The molecule has 0 unspecified atom stereocenters. The van der Waals surface area contributed by atoms with Crippen LogP contribution in [-0.2, 0) is 17.9 Å². The topological polar surface area (TPSA) is 47.6 Å². The van der Waals surface area contributed by atoms with Crippen LogP contribution in [0.1, 0.15) is 35.3 Å². The molecule has 1 N–H and O–H groups in total. The van der Waals surface area contributed by atoms with Gasteiger partial charge >= 0.3 is 0 Å². The van der Waals surface area contributed by atoms with Gasteiger partial charge in [-0.3, -0.25) is 4.79 Å². The molecule has 0 aliphatic carbocycles. The summed E-state index contributed by atoms with van der Waals surface area (Å²) in [6.07, 6.45) is 0.172. The molecule has 0 saturated heterocycles. The quantitative estimate of drug-likeness (QED) is 0.850. The van der Waals surface area contributed by atoms with Crippen LogP contribution in [-0.4, -0.2) is 19.1 Å². The second-order valence-electron chi connectivity index (χ2n) is 5.51. The first-order chi connectivity index (χ1) is 11.1. The molecule has 0 saturated carbocycles. The van der Waals surface area contributed by atoms with E-state index in [0.29, 0.717) is 24.5 Å². The van der Waals surface area contributed by atoms with Crippen molar-refractivity contribution in [3.8, 4) is 5.75 Å². The number of carbonyl (C=O) groups excluding carboxylic acids is 1. The molecule has 0 radical (unpaired) electrons. The second kappa shape index (κ2) is 8.34. The van der Waals surface area contributed by atoms with Gasteiger partial charge in [-0.15, -0.1) is 0 Å². The number of benzene rings is 2. The highest BCUT2D eigenvalue weighted by molar-refractivity contribution is 5.96. The molecule has 0 bridgehead atoms. The van der Waals surface area contributed by atoms with Crippen molar-refractivity contribution in [2.45, 2.75) is 33.1 Å². The summed E-state index contributed by atoms with van der Waals surface area (Å²) in [5.74, 6) is 0.420. The van der Waals surface area contributed by atoms with E-state index < -0.39 is 0 Å². The molecule has 0 aliphatic rings. The van der Waals surface area contributed by atoms with Crippen LogP contribution in [0.25, 0.3) is 0 Å². The molecular weight excluding hydrogens is 290 g/mol. The Labute approximate surface area is 137 Å². The van der Waals surface area contributed by atoms with Crippen molar-refractivity contribution in [2.24, 2.45) is 0 Å². The maximum Gasteiger partial charge on any atom is 0.255 e. The SMILES string of the molecule is COc1ccccc1C(=O)NCc1ccccc1COC(C)C. The van der Waals surface area contributed by atoms with Crippen LogP contribution >= 0.6 is 0 Å². The molecule has 0 aliphatic heterocycles. The molecule has 0 spiro atoms. The number of nitrogens with one attached hydrogen (secondary N) is 1. The van der Waals surface area contributed by atoms with Gasteiger partial charge in [0, 0.05) is 6.54 Å². The van der Waals surface area contributed by atoms with E-state index in [1.807, 2.05) is 50.2 Å². The van der Waals surface area contributed by atoms with Gasteiger partial charge in [0.25, 0.3) is 5.91 Å². The first kappa shape index (κ1) is 17.0. The van der Waals surface area contributed by atoms with Gasteiger partial charge < -0.3 is 14.8 Å². The fraction of sp³-hybridized carbons (Fsp3) is 0.316. The lowest BCUT2D eigenvalue weighted by molar-refractivity contribution is 0.0651. The Hall–Kier alpha value is -2.33. The summed E-state index contributed by atoms with van der Waals surface area (Å²) in [6.45, 7) is 5.00. The largest absolute Gasteiger partial charge is 0.496 e. The predicted molar refractivity (Wildman–Crippen MR) is 90.5 cm³/mol. The van der Waals surface area contributed by atoms with Crippen LogP contribution in [0.2, 0.25) is 0 Å². The zero-order valence-electron chi connectivity index (χ0n) is 13.8. The Morgan fingerprint density at radius 3 is 2.39 bits per heavy atom. The van der Waals surface area contributed by atoms with Crippen LogP contribution in [0.5, 0.6) is 5.75 Å². The van der Waals surface area contributed by atoms with E-state index in [1.165, 1.54) is 0 Å². The Balaban J connectivity index is 2.04. The lowest BCUT2D eigenvalue weighted by atomic mass is 10.1. The monoisotopic (exact) mass is 313 g/mol. The summed E-state index contributed by atoms with van der Waals surface area (Å²) in [5, 5.41) is 2.94. The van der Waals surface area contributed by atoms with Crippen molar-refractivity contribution in [2.75, 3.05) is 7.11 Å². The van der Waals surface area contributed by atoms with Crippen molar-refractivity contribution >= 4 is 5.91 Å². The average molecular weight is 313 g/mol. The van der Waals surface area contributed by atoms with Gasteiger partial charge in [0.05, 0.1) is 25.4 Å². The van der Waals surface area contributed by atoms with Gasteiger partial charge in [0.1, 0.15) is 5.75 Å². The summed E-state index contributed by atoms with van der Waals surface area (Å²) in [7, 11) is 1.56. The number of para-hydroxylation sites is 1. The number of hydrogen-bond donors (Lipinski definition) is 1. The molecule has 4 heteroatoms. The highest BCUT2D eigenvalue weighted by atomic mass is 16.5.